The molecule has 0 radical (unpaired) electrons. The first kappa shape index (κ1) is 20.0. The van der Waals surface area contributed by atoms with Gasteiger partial charge in [0, 0.05) is 30.4 Å². The van der Waals surface area contributed by atoms with E-state index in [4.69, 9.17) is 4.74 Å². The molecule has 3 aromatic rings. The molecule has 0 saturated carbocycles. The molecule has 1 fully saturated rings. The summed E-state index contributed by atoms with van der Waals surface area (Å²) in [6.45, 7) is 1.06. The van der Waals surface area contributed by atoms with Gasteiger partial charge in [-0.2, -0.15) is 0 Å². The van der Waals surface area contributed by atoms with Gasteiger partial charge in [0.15, 0.2) is 0 Å². The van der Waals surface area contributed by atoms with E-state index in [9.17, 15) is 14.0 Å². The maximum atomic E-state index is 14.6. The van der Waals surface area contributed by atoms with Crippen LogP contribution in [-0.2, 0) is 4.74 Å². The first-order valence-corrected chi connectivity index (χ1v) is 10.5. The van der Waals surface area contributed by atoms with E-state index < -0.39 is 11.8 Å². The molecule has 3 aromatic carbocycles. The van der Waals surface area contributed by atoms with E-state index in [1.165, 1.54) is 12.1 Å². The van der Waals surface area contributed by atoms with Crippen molar-refractivity contribution in [3.63, 3.8) is 0 Å². The molecule has 2 aliphatic rings. The summed E-state index contributed by atoms with van der Waals surface area (Å²) >= 11 is 0. The Bertz CT molecular complexity index is 1220. The number of anilines is 1. The monoisotopic (exact) mass is 428 g/mol. The summed E-state index contributed by atoms with van der Waals surface area (Å²) in [5.41, 5.74) is 2.78. The standard InChI is InChI=1S/C26H21FN2O3/c27-23-11-10-17(15-24-20-8-4-5-9-21(20)26(31)32-24)14-22(23)25(30)29-13-12-19(16-29)28-18-6-2-1-3-7-18/h1-11,14-15,19,28H,12-13,16H2/b24-15-/t19-/m1/s1. The first-order chi connectivity index (χ1) is 15.6. The fourth-order valence-corrected chi connectivity index (χ4v) is 4.14. The van der Waals surface area contributed by atoms with Gasteiger partial charge in [-0.1, -0.05) is 42.5 Å². The summed E-state index contributed by atoms with van der Waals surface area (Å²) in [5.74, 6) is -0.937. The number of cyclic esters (lactones) is 1. The molecule has 0 aliphatic carbocycles. The normalized spacial score (nSPS) is 18.5. The van der Waals surface area contributed by atoms with Crippen LogP contribution in [0.3, 0.4) is 0 Å². The topological polar surface area (TPSA) is 58.6 Å². The molecular formula is C26H21FN2O3. The van der Waals surface area contributed by atoms with Crippen molar-refractivity contribution in [3.05, 3.63) is 101 Å². The van der Waals surface area contributed by atoms with Crippen molar-refractivity contribution in [2.75, 3.05) is 18.4 Å². The lowest BCUT2D eigenvalue weighted by Crippen LogP contribution is -2.32. The van der Waals surface area contributed by atoms with Crippen molar-refractivity contribution >= 4 is 29.4 Å². The number of esters is 1. The molecule has 0 aromatic heterocycles. The van der Waals surface area contributed by atoms with Gasteiger partial charge in [-0.15, -0.1) is 0 Å². The van der Waals surface area contributed by atoms with Crippen LogP contribution >= 0.6 is 0 Å². The zero-order chi connectivity index (χ0) is 22.1. The fourth-order valence-electron chi connectivity index (χ4n) is 4.14. The zero-order valence-electron chi connectivity index (χ0n) is 17.3. The second-order valence-electron chi connectivity index (χ2n) is 7.93. The SMILES string of the molecule is O=C1O/C(=C\c2ccc(F)c(C(=O)N3CC[C@@H](Nc4ccccc4)C3)c2)c2ccccc21. The van der Waals surface area contributed by atoms with E-state index >= 15 is 0 Å². The van der Waals surface area contributed by atoms with Crippen LogP contribution in [0.2, 0.25) is 0 Å². The Labute approximate surface area is 185 Å². The van der Waals surface area contributed by atoms with Gasteiger partial charge in [0.25, 0.3) is 5.91 Å². The molecule has 1 N–H and O–H groups in total. The Morgan fingerprint density at radius 1 is 1.03 bits per heavy atom. The molecule has 6 heteroatoms. The van der Waals surface area contributed by atoms with Crippen LogP contribution in [0.5, 0.6) is 0 Å². The average molecular weight is 428 g/mol. The maximum Gasteiger partial charge on any atom is 0.344 e. The number of para-hydroxylation sites is 1. The van der Waals surface area contributed by atoms with Gasteiger partial charge >= 0.3 is 5.97 Å². The molecule has 0 unspecified atom stereocenters. The van der Waals surface area contributed by atoms with Crippen LogP contribution in [-0.4, -0.2) is 35.9 Å². The van der Waals surface area contributed by atoms with Crippen LogP contribution in [0, 0.1) is 5.82 Å². The number of hydrogen-bond donors (Lipinski definition) is 1. The summed E-state index contributed by atoms with van der Waals surface area (Å²) in [6, 6.07) is 21.4. The quantitative estimate of drug-likeness (QED) is 0.606. The molecule has 0 bridgehead atoms. The number of benzene rings is 3. The number of rotatable bonds is 4. The van der Waals surface area contributed by atoms with Gasteiger partial charge in [-0.25, -0.2) is 9.18 Å². The number of ether oxygens (including phenoxy) is 1. The average Bonchev–Trinajstić information content (AvgIpc) is 3.40. The maximum absolute atomic E-state index is 14.6. The summed E-state index contributed by atoms with van der Waals surface area (Å²) in [5, 5.41) is 3.42. The van der Waals surface area contributed by atoms with Crippen LogP contribution in [0.15, 0.2) is 72.8 Å². The predicted molar refractivity (Wildman–Crippen MR) is 121 cm³/mol. The van der Waals surface area contributed by atoms with Crippen LogP contribution in [0.1, 0.15) is 38.3 Å². The molecule has 2 aliphatic heterocycles. The highest BCUT2D eigenvalue weighted by Crippen LogP contribution is 2.31. The van der Waals surface area contributed by atoms with Crippen LogP contribution in [0.4, 0.5) is 10.1 Å². The summed E-state index contributed by atoms with van der Waals surface area (Å²) in [6.07, 6.45) is 2.45. The number of halogens is 1. The van der Waals surface area contributed by atoms with Crippen molar-refractivity contribution in [2.24, 2.45) is 0 Å². The third kappa shape index (κ3) is 3.87. The summed E-state index contributed by atoms with van der Waals surface area (Å²) in [4.78, 5) is 26.8. The van der Waals surface area contributed by atoms with E-state index in [2.05, 4.69) is 5.32 Å². The van der Waals surface area contributed by atoms with E-state index in [-0.39, 0.29) is 17.5 Å². The van der Waals surface area contributed by atoms with Gasteiger partial charge in [0.2, 0.25) is 0 Å². The highest BCUT2D eigenvalue weighted by atomic mass is 19.1. The smallest absolute Gasteiger partial charge is 0.344 e. The van der Waals surface area contributed by atoms with E-state index in [0.29, 0.717) is 35.5 Å². The number of carbonyl (C=O) groups is 2. The second kappa shape index (κ2) is 8.30. The second-order valence-corrected chi connectivity index (χ2v) is 7.93. The molecule has 2 heterocycles. The van der Waals surface area contributed by atoms with Crippen molar-refractivity contribution in [3.8, 4) is 0 Å². The fraction of sp³-hybridized carbons (Fsp3) is 0.154. The molecule has 1 amide bonds. The number of likely N-dealkylation sites (tertiary alicyclic amines) is 1. The lowest BCUT2D eigenvalue weighted by Gasteiger charge is -2.18. The Hall–Kier alpha value is -3.93. The van der Waals surface area contributed by atoms with E-state index in [0.717, 1.165) is 12.1 Å². The zero-order valence-corrected chi connectivity index (χ0v) is 17.3. The highest BCUT2D eigenvalue weighted by Gasteiger charge is 2.29. The number of carbonyl (C=O) groups excluding carboxylic acids is 2. The Balaban J connectivity index is 1.34. The van der Waals surface area contributed by atoms with Crippen molar-refractivity contribution in [1.82, 2.24) is 4.90 Å². The number of amides is 1. The largest absolute Gasteiger partial charge is 0.422 e. The predicted octanol–water partition coefficient (Wildman–Crippen LogP) is 4.82. The third-order valence-corrected chi connectivity index (χ3v) is 5.75. The number of fused-ring (bicyclic) bond motifs is 1. The Kier molecular flexibility index (Phi) is 5.19. The minimum atomic E-state index is -0.569. The molecule has 1 atom stereocenters. The molecule has 5 rings (SSSR count). The molecule has 5 nitrogen and oxygen atoms in total. The number of nitrogens with zero attached hydrogens (tertiary/aromatic N) is 1. The van der Waals surface area contributed by atoms with Gasteiger partial charge < -0.3 is 15.0 Å². The Morgan fingerprint density at radius 2 is 1.78 bits per heavy atom. The lowest BCUT2D eigenvalue weighted by molar-refractivity contribution is 0.0716. The van der Waals surface area contributed by atoms with Gasteiger partial charge in [0.05, 0.1) is 11.1 Å². The molecule has 1 saturated heterocycles. The Morgan fingerprint density at radius 3 is 2.59 bits per heavy atom. The van der Waals surface area contributed by atoms with E-state index in [1.54, 1.807) is 35.2 Å². The van der Waals surface area contributed by atoms with Crippen molar-refractivity contribution in [1.29, 1.82) is 0 Å². The van der Waals surface area contributed by atoms with Gasteiger partial charge in [0.1, 0.15) is 11.6 Å². The molecule has 32 heavy (non-hydrogen) atoms. The lowest BCUT2D eigenvalue weighted by atomic mass is 10.0. The van der Waals surface area contributed by atoms with Crippen LogP contribution in [0.25, 0.3) is 11.8 Å². The molecule has 160 valence electrons. The first-order valence-electron chi connectivity index (χ1n) is 10.5. The van der Waals surface area contributed by atoms with Gasteiger partial charge in [-0.05, 0) is 48.4 Å². The summed E-state index contributed by atoms with van der Waals surface area (Å²) < 4.78 is 19.9. The third-order valence-electron chi connectivity index (χ3n) is 5.75. The number of hydrogen-bond acceptors (Lipinski definition) is 4. The van der Waals surface area contributed by atoms with Crippen molar-refractivity contribution < 1.29 is 18.7 Å². The highest BCUT2D eigenvalue weighted by molar-refractivity contribution is 6.05. The molecule has 0 spiro atoms. The minimum absolute atomic E-state index is 0.0114. The van der Waals surface area contributed by atoms with E-state index in [1.807, 2.05) is 36.4 Å². The summed E-state index contributed by atoms with van der Waals surface area (Å²) in [7, 11) is 0. The van der Waals surface area contributed by atoms with Crippen molar-refractivity contribution in [2.45, 2.75) is 12.5 Å². The molecular weight excluding hydrogens is 407 g/mol. The minimum Gasteiger partial charge on any atom is -0.422 e. The van der Waals surface area contributed by atoms with Crippen LogP contribution < -0.4 is 5.32 Å². The van der Waals surface area contributed by atoms with Gasteiger partial charge in [-0.3, -0.25) is 4.79 Å². The number of nitrogens with one attached hydrogen (secondary N) is 1.